The lowest BCUT2D eigenvalue weighted by Gasteiger charge is -2.10. The summed E-state index contributed by atoms with van der Waals surface area (Å²) in [6.07, 6.45) is 0.588. The van der Waals surface area contributed by atoms with Crippen molar-refractivity contribution in [3.05, 3.63) is 52.2 Å². The van der Waals surface area contributed by atoms with Crippen LogP contribution in [0.15, 0.2) is 24.7 Å². The Morgan fingerprint density at radius 2 is 1.94 bits per heavy atom. The lowest BCUT2D eigenvalue weighted by atomic mass is 10.1. The number of amides is 1. The molecule has 0 saturated carbocycles. The van der Waals surface area contributed by atoms with E-state index in [0.29, 0.717) is 6.54 Å². The molecule has 13 heteroatoms. The van der Waals surface area contributed by atoms with E-state index < -0.39 is 17.6 Å². The fourth-order valence-corrected chi connectivity index (χ4v) is 3.73. The summed E-state index contributed by atoms with van der Waals surface area (Å²) in [6.45, 7) is 5.66. The van der Waals surface area contributed by atoms with Crippen LogP contribution in [0.5, 0.6) is 0 Å². The summed E-state index contributed by atoms with van der Waals surface area (Å²) in [6, 6.07) is 0.970. The largest absolute Gasteiger partial charge is 0.417 e. The third-order valence-corrected chi connectivity index (χ3v) is 5.21. The van der Waals surface area contributed by atoms with Gasteiger partial charge in [-0.15, -0.1) is 0 Å². The molecule has 9 nitrogen and oxygen atoms in total. The van der Waals surface area contributed by atoms with Crippen LogP contribution in [0.1, 0.15) is 29.4 Å². The maximum Gasteiger partial charge on any atom is 0.417 e. The fourth-order valence-electron chi connectivity index (χ4n) is 3.53. The van der Waals surface area contributed by atoms with Crippen molar-refractivity contribution in [2.24, 2.45) is 0 Å². The van der Waals surface area contributed by atoms with Crippen LogP contribution in [0, 0.1) is 13.8 Å². The van der Waals surface area contributed by atoms with Gasteiger partial charge >= 0.3 is 6.18 Å². The van der Waals surface area contributed by atoms with E-state index >= 15 is 0 Å². The molecule has 1 amide bonds. The summed E-state index contributed by atoms with van der Waals surface area (Å²) in [5.41, 5.74) is 0.369. The molecule has 0 spiro atoms. The molecule has 0 unspecified atom stereocenters. The summed E-state index contributed by atoms with van der Waals surface area (Å²) in [5.74, 6) is -0.417. The Kier molecular flexibility index (Phi) is 5.87. The zero-order chi connectivity index (χ0) is 23.9. The quantitative estimate of drug-likeness (QED) is 0.452. The molecular weight excluding hydrogens is 461 g/mol. The molecule has 0 aromatic carbocycles. The standard InChI is InChI=1S/C20H20ClF3N8O/c1-4-30-7-13(6-25-30)8-31-9-15(21)18(29-31)27-16(33)10-32-19-17(12(3)28-32)14(20(22,23)24)5-11(2)26-19/h5-7,9H,4,8,10H2,1-3H3,(H,27,29,33). The molecule has 0 fully saturated rings. The Balaban J connectivity index is 1.54. The highest BCUT2D eigenvalue weighted by Crippen LogP contribution is 2.36. The molecule has 1 N–H and O–H groups in total. The molecule has 4 rings (SSSR count). The molecule has 4 aromatic rings. The first-order valence-electron chi connectivity index (χ1n) is 10.0. The lowest BCUT2D eigenvalue weighted by molar-refractivity contribution is -0.136. The Morgan fingerprint density at radius 3 is 2.61 bits per heavy atom. The third kappa shape index (κ3) is 4.70. The van der Waals surface area contributed by atoms with Gasteiger partial charge in [0.2, 0.25) is 5.91 Å². The summed E-state index contributed by atoms with van der Waals surface area (Å²) < 4.78 is 44.9. The van der Waals surface area contributed by atoms with Gasteiger partial charge in [0.1, 0.15) is 11.6 Å². The maximum atomic E-state index is 13.5. The van der Waals surface area contributed by atoms with Gasteiger partial charge in [-0.2, -0.15) is 28.5 Å². The number of carbonyl (C=O) groups is 1. The van der Waals surface area contributed by atoms with Crippen molar-refractivity contribution in [1.29, 1.82) is 0 Å². The second kappa shape index (κ2) is 8.50. The first-order valence-corrected chi connectivity index (χ1v) is 10.4. The predicted molar refractivity (Wildman–Crippen MR) is 115 cm³/mol. The van der Waals surface area contributed by atoms with E-state index in [9.17, 15) is 18.0 Å². The number of aryl methyl sites for hydroxylation is 3. The topological polar surface area (TPSA) is 95.5 Å². The number of alkyl halides is 3. The minimum absolute atomic E-state index is 0.0143. The van der Waals surface area contributed by atoms with Crippen LogP contribution in [0.2, 0.25) is 5.02 Å². The van der Waals surface area contributed by atoms with Crippen LogP contribution in [0.25, 0.3) is 11.0 Å². The fraction of sp³-hybridized carbons (Fsp3) is 0.350. The average molecular weight is 481 g/mol. The van der Waals surface area contributed by atoms with Crippen molar-refractivity contribution in [2.45, 2.75) is 46.6 Å². The molecule has 0 aliphatic rings. The number of hydrogen-bond donors (Lipinski definition) is 1. The monoisotopic (exact) mass is 480 g/mol. The highest BCUT2D eigenvalue weighted by Gasteiger charge is 2.35. The number of halogens is 4. The number of nitrogens with one attached hydrogen (secondary N) is 1. The number of pyridine rings is 1. The highest BCUT2D eigenvalue weighted by atomic mass is 35.5. The SMILES string of the molecule is CCn1cc(Cn2cc(Cl)c(NC(=O)Cn3nc(C)c4c(C(F)(F)F)cc(C)nc43)n2)cn1. The van der Waals surface area contributed by atoms with E-state index in [0.717, 1.165) is 22.9 Å². The van der Waals surface area contributed by atoms with Gasteiger partial charge in [0, 0.05) is 30.2 Å². The van der Waals surface area contributed by atoms with Gasteiger partial charge in [0.05, 0.1) is 29.4 Å². The lowest BCUT2D eigenvalue weighted by Crippen LogP contribution is -2.20. The smallest absolute Gasteiger partial charge is 0.306 e. The Hall–Kier alpha value is -3.41. The number of hydrogen-bond acceptors (Lipinski definition) is 5. The van der Waals surface area contributed by atoms with Gasteiger partial charge in [-0.3, -0.25) is 14.2 Å². The van der Waals surface area contributed by atoms with Gasteiger partial charge in [0.25, 0.3) is 0 Å². The molecule has 4 aromatic heterocycles. The summed E-state index contributed by atoms with van der Waals surface area (Å²) >= 11 is 6.20. The normalized spacial score (nSPS) is 12.0. The first-order chi connectivity index (χ1) is 15.5. The van der Waals surface area contributed by atoms with Crippen LogP contribution < -0.4 is 5.32 Å². The predicted octanol–water partition coefficient (Wildman–Crippen LogP) is 3.82. The second-order valence-electron chi connectivity index (χ2n) is 7.53. The molecule has 33 heavy (non-hydrogen) atoms. The molecular formula is C20H20ClF3N8O. The minimum Gasteiger partial charge on any atom is -0.306 e. The molecule has 4 heterocycles. The first kappa shape index (κ1) is 22.8. The van der Waals surface area contributed by atoms with Crippen molar-refractivity contribution in [3.8, 4) is 0 Å². The van der Waals surface area contributed by atoms with Gasteiger partial charge < -0.3 is 5.32 Å². The Labute approximate surface area is 191 Å². The number of aromatic nitrogens is 7. The zero-order valence-electron chi connectivity index (χ0n) is 18.0. The van der Waals surface area contributed by atoms with Gasteiger partial charge in [-0.05, 0) is 26.8 Å². The minimum atomic E-state index is -4.57. The van der Waals surface area contributed by atoms with Crippen molar-refractivity contribution >= 4 is 34.4 Å². The number of carbonyl (C=O) groups excluding carboxylic acids is 1. The van der Waals surface area contributed by atoms with Crippen LogP contribution in [-0.4, -0.2) is 40.2 Å². The van der Waals surface area contributed by atoms with E-state index in [1.54, 1.807) is 21.8 Å². The molecule has 0 radical (unpaired) electrons. The molecule has 0 saturated heterocycles. The van der Waals surface area contributed by atoms with Gasteiger partial charge in [-0.25, -0.2) is 9.67 Å². The molecule has 0 aliphatic carbocycles. The summed E-state index contributed by atoms with van der Waals surface area (Å²) in [5, 5.41) is 15.2. The van der Waals surface area contributed by atoms with Crippen LogP contribution in [0.3, 0.4) is 0 Å². The Morgan fingerprint density at radius 1 is 1.18 bits per heavy atom. The number of anilines is 1. The van der Waals surface area contributed by atoms with Gasteiger partial charge in [0.15, 0.2) is 11.5 Å². The third-order valence-electron chi connectivity index (χ3n) is 4.93. The molecule has 0 bridgehead atoms. The molecule has 0 aliphatic heterocycles. The number of rotatable bonds is 6. The van der Waals surface area contributed by atoms with Crippen molar-refractivity contribution in [2.75, 3.05) is 5.32 Å². The highest BCUT2D eigenvalue weighted by molar-refractivity contribution is 6.33. The van der Waals surface area contributed by atoms with E-state index in [2.05, 4.69) is 25.6 Å². The van der Waals surface area contributed by atoms with Crippen LogP contribution in [0.4, 0.5) is 19.0 Å². The second-order valence-corrected chi connectivity index (χ2v) is 7.93. The van der Waals surface area contributed by atoms with E-state index in [1.807, 2.05) is 13.1 Å². The van der Waals surface area contributed by atoms with E-state index in [4.69, 9.17) is 11.6 Å². The van der Waals surface area contributed by atoms with E-state index in [-0.39, 0.29) is 39.8 Å². The number of nitrogens with zero attached hydrogens (tertiary/aromatic N) is 7. The zero-order valence-corrected chi connectivity index (χ0v) is 18.7. The van der Waals surface area contributed by atoms with E-state index in [1.165, 1.54) is 13.8 Å². The van der Waals surface area contributed by atoms with Crippen LogP contribution >= 0.6 is 11.6 Å². The van der Waals surface area contributed by atoms with Crippen molar-refractivity contribution in [3.63, 3.8) is 0 Å². The van der Waals surface area contributed by atoms with Gasteiger partial charge in [-0.1, -0.05) is 11.6 Å². The van der Waals surface area contributed by atoms with Crippen LogP contribution in [-0.2, 0) is 30.6 Å². The molecule has 174 valence electrons. The Bertz CT molecular complexity index is 1340. The maximum absolute atomic E-state index is 13.5. The number of fused-ring (bicyclic) bond motifs is 1. The summed E-state index contributed by atoms with van der Waals surface area (Å²) in [7, 11) is 0. The molecule has 0 atom stereocenters. The average Bonchev–Trinajstić information content (AvgIpc) is 3.39. The van der Waals surface area contributed by atoms with Crippen molar-refractivity contribution in [1.82, 2.24) is 34.3 Å². The summed E-state index contributed by atoms with van der Waals surface area (Å²) in [4.78, 5) is 16.8. The van der Waals surface area contributed by atoms with Crippen molar-refractivity contribution < 1.29 is 18.0 Å².